The monoisotopic (exact) mass is 260 g/mol. The number of fused-ring (bicyclic) bond motifs is 2. The summed E-state index contributed by atoms with van der Waals surface area (Å²) in [4.78, 5) is 0. The number of hydrogen-bond acceptors (Lipinski definition) is 1. The highest BCUT2D eigenvalue weighted by Crippen LogP contribution is 2.51. The van der Waals surface area contributed by atoms with Gasteiger partial charge in [-0.05, 0) is 33.5 Å². The minimum absolute atomic E-state index is 0.0447. The lowest BCUT2D eigenvalue weighted by atomic mass is 9.68. The second kappa shape index (κ2) is 3.63. The predicted octanol–water partition coefficient (Wildman–Crippen LogP) is 4.85. The first-order chi connectivity index (χ1) is 9.60. The third-order valence-corrected chi connectivity index (χ3v) is 4.57. The Bertz CT molecular complexity index is 844. The molecule has 1 heteroatoms. The molecule has 4 rings (SSSR count). The van der Waals surface area contributed by atoms with E-state index in [0.717, 1.165) is 11.1 Å². The summed E-state index contributed by atoms with van der Waals surface area (Å²) in [6.07, 6.45) is 0. The maximum Gasteiger partial charge on any atom is 0.124 e. The Morgan fingerprint density at radius 1 is 0.800 bits per heavy atom. The molecule has 0 aromatic heterocycles. The van der Waals surface area contributed by atoms with E-state index in [1.54, 1.807) is 6.07 Å². The van der Waals surface area contributed by atoms with Crippen molar-refractivity contribution in [2.75, 3.05) is 0 Å². The smallest absolute Gasteiger partial charge is 0.124 e. The normalized spacial score (nSPS) is 15.1. The molecule has 20 heavy (non-hydrogen) atoms. The zero-order chi connectivity index (χ0) is 13.9. The van der Waals surface area contributed by atoms with Gasteiger partial charge < -0.3 is 5.11 Å². The van der Waals surface area contributed by atoms with E-state index < -0.39 is 0 Å². The molecule has 1 aliphatic carbocycles. The first kappa shape index (κ1) is 11.5. The van der Waals surface area contributed by atoms with Gasteiger partial charge in [-0.1, -0.05) is 62.4 Å². The van der Waals surface area contributed by atoms with Crippen molar-refractivity contribution in [3.63, 3.8) is 0 Å². The summed E-state index contributed by atoms with van der Waals surface area (Å²) in [5.74, 6) is 0.368. The van der Waals surface area contributed by atoms with Crippen LogP contribution in [0.5, 0.6) is 5.75 Å². The first-order valence-corrected chi connectivity index (χ1v) is 6.96. The number of phenols is 1. The fourth-order valence-corrected chi connectivity index (χ4v) is 3.55. The molecule has 0 radical (unpaired) electrons. The van der Waals surface area contributed by atoms with Gasteiger partial charge in [0.05, 0.1) is 0 Å². The summed E-state index contributed by atoms with van der Waals surface area (Å²) < 4.78 is 0. The fourth-order valence-electron chi connectivity index (χ4n) is 3.55. The summed E-state index contributed by atoms with van der Waals surface area (Å²) in [6, 6.07) is 18.6. The van der Waals surface area contributed by atoms with Gasteiger partial charge in [0, 0.05) is 11.0 Å². The van der Waals surface area contributed by atoms with E-state index in [9.17, 15) is 5.11 Å². The van der Waals surface area contributed by atoms with Crippen molar-refractivity contribution in [1.29, 1.82) is 0 Å². The standard InChI is InChI=1S/C19H16O/c1-19(2)14-8-4-3-7-13(14)18-16(20)11-10-12-6-5-9-15(19)17(12)18/h3-11,20H,1-2H3. The average molecular weight is 260 g/mol. The highest BCUT2D eigenvalue weighted by molar-refractivity contribution is 6.05. The van der Waals surface area contributed by atoms with Gasteiger partial charge in [0.15, 0.2) is 0 Å². The average Bonchev–Trinajstić information content (AvgIpc) is 2.46. The van der Waals surface area contributed by atoms with Crippen molar-refractivity contribution in [3.05, 3.63) is 65.7 Å². The van der Waals surface area contributed by atoms with E-state index in [2.05, 4.69) is 50.2 Å². The maximum atomic E-state index is 10.4. The van der Waals surface area contributed by atoms with E-state index in [0.29, 0.717) is 5.75 Å². The van der Waals surface area contributed by atoms with Crippen LogP contribution in [-0.2, 0) is 5.41 Å². The van der Waals surface area contributed by atoms with Crippen molar-refractivity contribution < 1.29 is 5.11 Å². The molecule has 1 N–H and O–H groups in total. The molecular weight excluding hydrogens is 244 g/mol. The van der Waals surface area contributed by atoms with Gasteiger partial charge in [-0.2, -0.15) is 0 Å². The molecule has 3 aromatic rings. The third kappa shape index (κ3) is 1.27. The SMILES string of the molecule is CC1(C)c2ccccc2-c2c(O)ccc3cccc1c23. The highest BCUT2D eigenvalue weighted by atomic mass is 16.3. The molecule has 98 valence electrons. The summed E-state index contributed by atoms with van der Waals surface area (Å²) in [6.45, 7) is 4.52. The Morgan fingerprint density at radius 2 is 1.55 bits per heavy atom. The Morgan fingerprint density at radius 3 is 2.40 bits per heavy atom. The van der Waals surface area contributed by atoms with Crippen LogP contribution in [0.3, 0.4) is 0 Å². The van der Waals surface area contributed by atoms with Crippen LogP contribution in [0.2, 0.25) is 0 Å². The Balaban J connectivity index is 2.31. The van der Waals surface area contributed by atoms with Gasteiger partial charge in [-0.15, -0.1) is 0 Å². The van der Waals surface area contributed by atoms with Gasteiger partial charge in [-0.25, -0.2) is 0 Å². The molecule has 0 heterocycles. The van der Waals surface area contributed by atoms with Crippen LogP contribution in [0, 0.1) is 0 Å². The molecule has 3 aromatic carbocycles. The second-order valence-electron chi connectivity index (χ2n) is 6.03. The topological polar surface area (TPSA) is 20.2 Å². The summed E-state index contributed by atoms with van der Waals surface area (Å²) in [5.41, 5.74) is 4.66. The van der Waals surface area contributed by atoms with Crippen molar-refractivity contribution in [2.24, 2.45) is 0 Å². The molecule has 0 bridgehead atoms. The lowest BCUT2D eigenvalue weighted by Gasteiger charge is -2.35. The molecule has 1 aliphatic rings. The molecule has 0 fully saturated rings. The summed E-state index contributed by atoms with van der Waals surface area (Å²) in [5, 5.41) is 12.8. The van der Waals surface area contributed by atoms with Gasteiger partial charge in [-0.3, -0.25) is 0 Å². The molecule has 1 nitrogen and oxygen atoms in total. The predicted molar refractivity (Wildman–Crippen MR) is 83.2 cm³/mol. The molecule has 0 aliphatic heterocycles. The zero-order valence-electron chi connectivity index (χ0n) is 11.6. The van der Waals surface area contributed by atoms with Gasteiger partial charge in [0.25, 0.3) is 0 Å². The molecule has 0 saturated heterocycles. The van der Waals surface area contributed by atoms with E-state index in [4.69, 9.17) is 0 Å². The number of phenolic OH excluding ortho intramolecular Hbond substituents is 1. The lowest BCUT2D eigenvalue weighted by molar-refractivity contribution is 0.477. The Kier molecular flexibility index (Phi) is 2.10. The van der Waals surface area contributed by atoms with E-state index in [-0.39, 0.29) is 5.41 Å². The number of rotatable bonds is 0. The Labute approximate surface area is 118 Å². The van der Waals surface area contributed by atoms with Gasteiger partial charge in [0.1, 0.15) is 5.75 Å². The highest BCUT2D eigenvalue weighted by Gasteiger charge is 2.33. The quantitative estimate of drug-likeness (QED) is 0.612. The second-order valence-corrected chi connectivity index (χ2v) is 6.03. The molecule has 0 amide bonds. The van der Waals surface area contributed by atoms with Gasteiger partial charge >= 0.3 is 0 Å². The molecule has 0 unspecified atom stereocenters. The first-order valence-electron chi connectivity index (χ1n) is 6.96. The van der Waals surface area contributed by atoms with Crippen molar-refractivity contribution in [2.45, 2.75) is 19.3 Å². The number of hydrogen-bond donors (Lipinski definition) is 1. The van der Waals surface area contributed by atoms with E-state index >= 15 is 0 Å². The van der Waals surface area contributed by atoms with Gasteiger partial charge in [0.2, 0.25) is 0 Å². The molecule has 0 spiro atoms. The molecular formula is C19H16O. The van der Waals surface area contributed by atoms with Crippen LogP contribution in [-0.4, -0.2) is 5.11 Å². The van der Waals surface area contributed by atoms with E-state index in [1.807, 2.05) is 12.1 Å². The summed E-state index contributed by atoms with van der Waals surface area (Å²) >= 11 is 0. The van der Waals surface area contributed by atoms with Crippen LogP contribution in [0.15, 0.2) is 54.6 Å². The van der Waals surface area contributed by atoms with Crippen LogP contribution < -0.4 is 0 Å². The molecule has 0 atom stereocenters. The van der Waals surface area contributed by atoms with Crippen LogP contribution in [0.1, 0.15) is 25.0 Å². The van der Waals surface area contributed by atoms with Crippen molar-refractivity contribution in [3.8, 4) is 16.9 Å². The van der Waals surface area contributed by atoms with Crippen LogP contribution in [0.4, 0.5) is 0 Å². The van der Waals surface area contributed by atoms with Crippen LogP contribution >= 0.6 is 0 Å². The minimum atomic E-state index is -0.0447. The zero-order valence-corrected chi connectivity index (χ0v) is 11.6. The fraction of sp³-hybridized carbons (Fsp3) is 0.158. The number of benzene rings is 3. The number of aromatic hydroxyl groups is 1. The Hall–Kier alpha value is -2.28. The van der Waals surface area contributed by atoms with E-state index in [1.165, 1.54) is 21.9 Å². The van der Waals surface area contributed by atoms with Crippen molar-refractivity contribution in [1.82, 2.24) is 0 Å². The lowest BCUT2D eigenvalue weighted by Crippen LogP contribution is -2.23. The third-order valence-electron chi connectivity index (χ3n) is 4.57. The summed E-state index contributed by atoms with van der Waals surface area (Å²) in [7, 11) is 0. The maximum absolute atomic E-state index is 10.4. The largest absolute Gasteiger partial charge is 0.507 e. The van der Waals surface area contributed by atoms with Crippen LogP contribution in [0.25, 0.3) is 21.9 Å². The molecule has 0 saturated carbocycles. The van der Waals surface area contributed by atoms with Crippen molar-refractivity contribution >= 4 is 10.8 Å². The minimum Gasteiger partial charge on any atom is -0.507 e.